The molecule has 1 fully saturated rings. The van der Waals surface area contributed by atoms with Crippen LogP contribution in [0.5, 0.6) is 0 Å². The lowest BCUT2D eigenvalue weighted by molar-refractivity contribution is -0.292. The van der Waals surface area contributed by atoms with Gasteiger partial charge in [-0.1, -0.05) is 42.5 Å². The van der Waals surface area contributed by atoms with E-state index in [0.717, 1.165) is 5.39 Å². The second kappa shape index (κ2) is 6.97. The number of carbonyl (C=O) groups is 1. The lowest BCUT2D eigenvalue weighted by Crippen LogP contribution is -2.73. The fourth-order valence-electron chi connectivity index (χ4n) is 3.32. The summed E-state index contributed by atoms with van der Waals surface area (Å²) in [7, 11) is 0. The number of alkyl halides is 3. The number of benzene rings is 2. The van der Waals surface area contributed by atoms with Gasteiger partial charge in [-0.15, -0.1) is 0 Å². The Hall–Kier alpha value is -2.39. The predicted octanol–water partition coefficient (Wildman–Crippen LogP) is 2.79. The van der Waals surface area contributed by atoms with Gasteiger partial charge in [0, 0.05) is 0 Å². The molecule has 0 saturated carbocycles. The van der Waals surface area contributed by atoms with E-state index in [2.05, 4.69) is 5.32 Å². The summed E-state index contributed by atoms with van der Waals surface area (Å²) in [5, 5.41) is 16.0. The van der Waals surface area contributed by atoms with Crippen molar-refractivity contribution >= 4 is 34.1 Å². The quantitative estimate of drug-likeness (QED) is 0.546. The molecule has 1 aliphatic heterocycles. The van der Waals surface area contributed by atoms with Gasteiger partial charge in [-0.25, -0.2) is 0 Å². The molecule has 1 aliphatic rings. The Morgan fingerprint density at radius 1 is 1.26 bits per heavy atom. The highest BCUT2D eigenvalue weighted by Crippen LogP contribution is 2.44. The molecular weight excluding hydrogens is 381 g/mol. The van der Waals surface area contributed by atoms with Crippen molar-refractivity contribution in [2.75, 3.05) is 6.61 Å². The summed E-state index contributed by atoms with van der Waals surface area (Å²) >= 11 is 4.89. The van der Waals surface area contributed by atoms with E-state index in [-0.39, 0.29) is 6.61 Å². The van der Waals surface area contributed by atoms with Crippen molar-refractivity contribution in [3.8, 4) is 0 Å². The SMILES string of the molecule is CCOC(=O)[C@@H]1[C@H](c2cccc3ccccc23)NC(=S)N[C@]1(O)C(F)(F)F. The first-order valence-electron chi connectivity index (χ1n) is 8.21. The van der Waals surface area contributed by atoms with E-state index in [9.17, 15) is 23.1 Å². The van der Waals surface area contributed by atoms with Crippen LogP contribution in [-0.2, 0) is 9.53 Å². The number of hydrogen-bond acceptors (Lipinski definition) is 4. The van der Waals surface area contributed by atoms with Crippen molar-refractivity contribution < 1.29 is 27.8 Å². The standard InChI is InChI=1S/C18H17F3N2O3S/c1-2-26-15(24)13-14(22-16(27)23-17(13,25)18(19,20)21)12-9-5-7-10-6-3-4-8-11(10)12/h3-9,13-14,25H,2H2,1H3,(H2,22,23,27)/t13-,14-,17+/m0/s1. The van der Waals surface area contributed by atoms with Crippen LogP contribution in [0.3, 0.4) is 0 Å². The first-order chi connectivity index (χ1) is 12.7. The number of aliphatic hydroxyl groups is 1. The van der Waals surface area contributed by atoms with Crippen LogP contribution >= 0.6 is 12.2 Å². The smallest absolute Gasteiger partial charge is 0.437 e. The van der Waals surface area contributed by atoms with Gasteiger partial charge < -0.3 is 20.5 Å². The third kappa shape index (κ3) is 3.32. The van der Waals surface area contributed by atoms with E-state index < -0.39 is 34.9 Å². The first kappa shape index (κ1) is 19.4. The molecule has 5 nitrogen and oxygen atoms in total. The van der Waals surface area contributed by atoms with Crippen molar-refractivity contribution in [2.24, 2.45) is 5.92 Å². The second-order valence-electron chi connectivity index (χ2n) is 6.14. The number of rotatable bonds is 3. The van der Waals surface area contributed by atoms with Crippen LogP contribution in [0.4, 0.5) is 13.2 Å². The van der Waals surface area contributed by atoms with Gasteiger partial charge in [0.25, 0.3) is 5.72 Å². The molecule has 2 aromatic rings. The van der Waals surface area contributed by atoms with Crippen LogP contribution in [0.1, 0.15) is 18.5 Å². The third-order valence-electron chi connectivity index (χ3n) is 4.51. The highest BCUT2D eigenvalue weighted by atomic mass is 32.1. The number of esters is 1. The zero-order valence-electron chi connectivity index (χ0n) is 14.2. The van der Waals surface area contributed by atoms with Gasteiger partial charge in [-0.05, 0) is 35.5 Å². The van der Waals surface area contributed by atoms with E-state index in [1.165, 1.54) is 6.92 Å². The van der Waals surface area contributed by atoms with Crippen LogP contribution in [-0.4, -0.2) is 34.7 Å². The molecule has 1 heterocycles. The van der Waals surface area contributed by atoms with Crippen LogP contribution in [0.2, 0.25) is 0 Å². The summed E-state index contributed by atoms with van der Waals surface area (Å²) in [4.78, 5) is 12.5. The van der Waals surface area contributed by atoms with Crippen molar-refractivity contribution in [3.63, 3.8) is 0 Å². The van der Waals surface area contributed by atoms with Gasteiger partial charge in [0.15, 0.2) is 5.11 Å². The zero-order valence-corrected chi connectivity index (χ0v) is 15.0. The molecular formula is C18H17F3N2O3S. The molecule has 0 amide bonds. The van der Waals surface area contributed by atoms with Crippen LogP contribution in [0.25, 0.3) is 10.8 Å². The molecule has 0 aromatic heterocycles. The summed E-state index contributed by atoms with van der Waals surface area (Å²) < 4.78 is 46.1. The minimum Gasteiger partial charge on any atom is -0.466 e. The van der Waals surface area contributed by atoms with Gasteiger partial charge >= 0.3 is 12.1 Å². The molecule has 0 aliphatic carbocycles. The first-order valence-corrected chi connectivity index (χ1v) is 8.62. The Kier molecular flexibility index (Phi) is 5.00. The minimum absolute atomic E-state index is 0.129. The molecule has 0 spiro atoms. The van der Waals surface area contributed by atoms with Crippen LogP contribution < -0.4 is 10.6 Å². The molecule has 3 atom stereocenters. The summed E-state index contributed by atoms with van der Waals surface area (Å²) in [6.45, 7) is 1.35. The number of hydrogen-bond donors (Lipinski definition) is 3. The molecule has 9 heteroatoms. The van der Waals surface area contributed by atoms with Gasteiger partial charge in [0.1, 0.15) is 5.92 Å². The Bertz CT molecular complexity index is 884. The van der Waals surface area contributed by atoms with E-state index in [0.29, 0.717) is 10.9 Å². The molecule has 3 rings (SSSR count). The average Bonchev–Trinajstić information content (AvgIpc) is 2.59. The van der Waals surface area contributed by atoms with Gasteiger partial charge in [-0.3, -0.25) is 4.79 Å². The van der Waals surface area contributed by atoms with E-state index in [1.54, 1.807) is 42.5 Å². The minimum atomic E-state index is -5.17. The molecule has 2 aromatic carbocycles. The molecule has 0 radical (unpaired) electrons. The largest absolute Gasteiger partial charge is 0.466 e. The highest BCUT2D eigenvalue weighted by molar-refractivity contribution is 7.80. The number of halogens is 3. The predicted molar refractivity (Wildman–Crippen MR) is 96.7 cm³/mol. The monoisotopic (exact) mass is 398 g/mol. The fraction of sp³-hybridized carbons (Fsp3) is 0.333. The van der Waals surface area contributed by atoms with Crippen LogP contribution in [0, 0.1) is 5.92 Å². The molecule has 3 N–H and O–H groups in total. The second-order valence-corrected chi connectivity index (χ2v) is 6.55. The van der Waals surface area contributed by atoms with E-state index in [1.807, 2.05) is 5.32 Å². The topological polar surface area (TPSA) is 70.6 Å². The van der Waals surface area contributed by atoms with Gasteiger partial charge in [0.05, 0.1) is 12.6 Å². The molecule has 0 unspecified atom stereocenters. The highest BCUT2D eigenvalue weighted by Gasteiger charge is 2.66. The van der Waals surface area contributed by atoms with Crippen LogP contribution in [0.15, 0.2) is 42.5 Å². The molecule has 1 saturated heterocycles. The number of nitrogens with one attached hydrogen (secondary N) is 2. The van der Waals surface area contributed by atoms with Crippen molar-refractivity contribution in [1.29, 1.82) is 0 Å². The summed E-state index contributed by atoms with van der Waals surface area (Å²) in [6, 6.07) is 10.9. The number of ether oxygens (including phenoxy) is 1. The van der Waals surface area contributed by atoms with E-state index in [4.69, 9.17) is 17.0 Å². The number of thiocarbonyl (C=S) groups is 1. The summed E-state index contributed by atoms with van der Waals surface area (Å²) in [5.41, 5.74) is -3.17. The molecule has 27 heavy (non-hydrogen) atoms. The molecule has 144 valence electrons. The normalized spacial score (nSPS) is 25.6. The maximum absolute atomic E-state index is 13.7. The maximum Gasteiger partial charge on any atom is 0.437 e. The third-order valence-corrected chi connectivity index (χ3v) is 4.73. The summed E-state index contributed by atoms with van der Waals surface area (Å²) in [6.07, 6.45) is -5.17. The Morgan fingerprint density at radius 2 is 1.93 bits per heavy atom. The molecule has 0 bridgehead atoms. The fourth-order valence-corrected chi connectivity index (χ4v) is 3.60. The zero-order chi connectivity index (χ0) is 19.8. The van der Waals surface area contributed by atoms with E-state index >= 15 is 0 Å². The van der Waals surface area contributed by atoms with Crippen molar-refractivity contribution in [3.05, 3.63) is 48.0 Å². The summed E-state index contributed by atoms with van der Waals surface area (Å²) in [5.74, 6) is -3.19. The number of carbonyl (C=O) groups excluding carboxylic acids is 1. The lowest BCUT2D eigenvalue weighted by atomic mass is 9.80. The Balaban J connectivity index is 2.21. The van der Waals surface area contributed by atoms with Gasteiger partial charge in [0.2, 0.25) is 0 Å². The van der Waals surface area contributed by atoms with Crippen molar-refractivity contribution in [2.45, 2.75) is 24.9 Å². The van der Waals surface area contributed by atoms with Crippen molar-refractivity contribution in [1.82, 2.24) is 10.6 Å². The average molecular weight is 398 g/mol. The van der Waals surface area contributed by atoms with Gasteiger partial charge in [-0.2, -0.15) is 13.2 Å². The maximum atomic E-state index is 13.7. The Morgan fingerprint density at radius 3 is 2.59 bits per heavy atom. The number of fused-ring (bicyclic) bond motifs is 1. The lowest BCUT2D eigenvalue weighted by Gasteiger charge is -2.45. The Labute approximate surface area is 158 Å².